The molecule has 1 fully saturated rings. The monoisotopic (exact) mass is 526 g/mol. The Kier molecular flexibility index (Phi) is 7.05. The minimum atomic E-state index is -1.01. The minimum absolute atomic E-state index is 0.0918. The molecule has 0 spiro atoms. The number of carbonyl (C=O) groups is 2. The summed E-state index contributed by atoms with van der Waals surface area (Å²) in [5.41, 5.74) is 1.75. The van der Waals surface area contributed by atoms with Gasteiger partial charge in [-0.25, -0.2) is 0 Å². The second-order valence-electron chi connectivity index (χ2n) is 8.88. The molecular weight excluding hydrogens is 500 g/mol. The van der Waals surface area contributed by atoms with Gasteiger partial charge in [-0.2, -0.15) is 0 Å². The third kappa shape index (κ3) is 4.94. The van der Waals surface area contributed by atoms with Crippen LogP contribution in [0.3, 0.4) is 0 Å². The van der Waals surface area contributed by atoms with Crippen LogP contribution >= 0.6 is 0 Å². The number of aromatic nitrogens is 1. The van der Waals surface area contributed by atoms with E-state index in [1.165, 1.54) is 19.1 Å². The molecule has 9 heteroatoms. The maximum absolute atomic E-state index is 13.4. The van der Waals surface area contributed by atoms with E-state index in [4.69, 9.17) is 18.7 Å². The van der Waals surface area contributed by atoms with E-state index in [0.29, 0.717) is 40.7 Å². The number of amides is 1. The highest BCUT2D eigenvalue weighted by molar-refractivity contribution is 6.51. The number of ether oxygens (including phenoxy) is 3. The fourth-order valence-electron chi connectivity index (χ4n) is 4.46. The van der Waals surface area contributed by atoms with E-state index < -0.39 is 17.7 Å². The Hall–Kier alpha value is -5.05. The predicted molar refractivity (Wildman–Crippen MR) is 143 cm³/mol. The molecule has 1 aliphatic rings. The molecule has 39 heavy (non-hydrogen) atoms. The summed E-state index contributed by atoms with van der Waals surface area (Å²) in [6.45, 7) is 2.01. The molecule has 9 nitrogen and oxygen atoms in total. The Bertz CT molecular complexity index is 1540. The van der Waals surface area contributed by atoms with Gasteiger partial charge in [0.05, 0.1) is 25.8 Å². The number of methoxy groups -OCH3 is 2. The predicted octanol–water partition coefficient (Wildman–Crippen LogP) is 5.21. The van der Waals surface area contributed by atoms with E-state index in [9.17, 15) is 14.7 Å². The number of carbonyl (C=O) groups excluding carboxylic acids is 2. The highest BCUT2D eigenvalue weighted by Crippen LogP contribution is 2.44. The zero-order valence-electron chi connectivity index (χ0n) is 21.6. The molecule has 5 rings (SSSR count). The van der Waals surface area contributed by atoms with Crippen molar-refractivity contribution in [1.82, 2.24) is 5.16 Å². The van der Waals surface area contributed by atoms with Crippen LogP contribution < -0.4 is 19.1 Å². The summed E-state index contributed by atoms with van der Waals surface area (Å²) in [6, 6.07) is 21.9. The second-order valence-corrected chi connectivity index (χ2v) is 8.88. The van der Waals surface area contributed by atoms with E-state index in [2.05, 4.69) is 5.16 Å². The number of benzene rings is 3. The molecule has 4 aromatic rings. The van der Waals surface area contributed by atoms with Crippen molar-refractivity contribution in [2.45, 2.75) is 19.6 Å². The standard InChI is InChI=1S/C30H26N2O7/c1-18-15-25(31-39-18)32-27(26(29(34)30(32)35)28(33)20-9-12-22(36-2)13-10-20)21-11-14-23(24(16-21)37-3)38-17-19-7-5-4-6-8-19/h4-16,27,33H,17H2,1-3H3/b28-26+. The number of nitrogens with zero attached hydrogens (tertiary/aromatic N) is 2. The lowest BCUT2D eigenvalue weighted by Crippen LogP contribution is -2.29. The SMILES string of the molecule is COc1ccc(/C(O)=C2\C(=O)C(=O)N(c3cc(C)on3)C2c2ccc(OCc3ccccc3)c(OC)c2)cc1. The number of ketones is 1. The molecule has 0 radical (unpaired) electrons. The van der Waals surface area contributed by atoms with Gasteiger partial charge in [-0.3, -0.25) is 14.5 Å². The molecule has 1 atom stereocenters. The molecule has 1 amide bonds. The van der Waals surface area contributed by atoms with E-state index in [0.717, 1.165) is 5.56 Å². The Morgan fingerprint density at radius 2 is 1.69 bits per heavy atom. The van der Waals surface area contributed by atoms with Gasteiger partial charge in [0.15, 0.2) is 17.3 Å². The number of aliphatic hydroxyl groups is 1. The van der Waals surface area contributed by atoms with Crippen molar-refractivity contribution in [3.05, 3.63) is 107 Å². The van der Waals surface area contributed by atoms with Crippen LogP contribution in [0.2, 0.25) is 0 Å². The number of rotatable bonds is 8. The molecule has 0 bridgehead atoms. The van der Waals surface area contributed by atoms with Crippen LogP contribution in [0.5, 0.6) is 17.2 Å². The highest BCUT2D eigenvalue weighted by Gasteiger charge is 2.48. The zero-order chi connectivity index (χ0) is 27.5. The number of aryl methyl sites for hydroxylation is 1. The summed E-state index contributed by atoms with van der Waals surface area (Å²) in [6.07, 6.45) is 0. The molecule has 3 aromatic carbocycles. The van der Waals surface area contributed by atoms with Crippen LogP contribution in [0.25, 0.3) is 5.76 Å². The fourth-order valence-corrected chi connectivity index (χ4v) is 4.46. The Morgan fingerprint density at radius 3 is 2.33 bits per heavy atom. The highest BCUT2D eigenvalue weighted by atomic mass is 16.5. The quantitative estimate of drug-likeness (QED) is 0.189. The van der Waals surface area contributed by atoms with E-state index in [-0.39, 0.29) is 17.2 Å². The van der Waals surface area contributed by atoms with Crippen molar-refractivity contribution in [2.75, 3.05) is 19.1 Å². The summed E-state index contributed by atoms with van der Waals surface area (Å²) < 4.78 is 22.0. The average Bonchev–Trinajstić information content (AvgIpc) is 3.51. The maximum atomic E-state index is 13.4. The first-order valence-electron chi connectivity index (χ1n) is 12.1. The van der Waals surface area contributed by atoms with Gasteiger partial charge in [-0.15, -0.1) is 0 Å². The minimum Gasteiger partial charge on any atom is -0.507 e. The van der Waals surface area contributed by atoms with Crippen molar-refractivity contribution >= 4 is 23.3 Å². The number of hydrogen-bond donors (Lipinski definition) is 1. The smallest absolute Gasteiger partial charge is 0.301 e. The van der Waals surface area contributed by atoms with Gasteiger partial charge in [0.25, 0.3) is 5.78 Å². The van der Waals surface area contributed by atoms with Crippen molar-refractivity contribution in [1.29, 1.82) is 0 Å². The molecule has 2 heterocycles. The summed E-state index contributed by atoms with van der Waals surface area (Å²) in [7, 11) is 3.03. The number of hydrogen-bond acceptors (Lipinski definition) is 8. The van der Waals surface area contributed by atoms with Crippen LogP contribution in [0.4, 0.5) is 5.82 Å². The average molecular weight is 527 g/mol. The maximum Gasteiger partial charge on any atom is 0.301 e. The van der Waals surface area contributed by atoms with Crippen molar-refractivity contribution < 1.29 is 33.4 Å². The molecule has 1 N–H and O–H groups in total. The molecular formula is C30H26N2O7. The Balaban J connectivity index is 1.60. The summed E-state index contributed by atoms with van der Waals surface area (Å²) in [5, 5.41) is 15.3. The zero-order valence-corrected chi connectivity index (χ0v) is 21.6. The van der Waals surface area contributed by atoms with Crippen LogP contribution in [0, 0.1) is 6.92 Å². The summed E-state index contributed by atoms with van der Waals surface area (Å²) >= 11 is 0. The van der Waals surface area contributed by atoms with E-state index in [1.54, 1.807) is 55.5 Å². The van der Waals surface area contributed by atoms with Gasteiger partial charge in [0, 0.05) is 11.6 Å². The van der Waals surface area contributed by atoms with Gasteiger partial charge in [-0.05, 0) is 54.4 Å². The summed E-state index contributed by atoms with van der Waals surface area (Å²) in [4.78, 5) is 27.9. The molecule has 1 saturated heterocycles. The van der Waals surface area contributed by atoms with Crippen molar-refractivity contribution in [3.63, 3.8) is 0 Å². The second kappa shape index (κ2) is 10.7. The molecule has 198 valence electrons. The Morgan fingerprint density at radius 1 is 0.949 bits per heavy atom. The number of anilines is 1. The van der Waals surface area contributed by atoms with Gasteiger partial charge in [0.1, 0.15) is 23.9 Å². The van der Waals surface area contributed by atoms with Gasteiger partial charge < -0.3 is 23.8 Å². The van der Waals surface area contributed by atoms with Gasteiger partial charge >= 0.3 is 5.91 Å². The van der Waals surface area contributed by atoms with Gasteiger partial charge in [-0.1, -0.05) is 41.6 Å². The fraction of sp³-hybridized carbons (Fsp3) is 0.167. The lowest BCUT2D eigenvalue weighted by atomic mass is 9.95. The van der Waals surface area contributed by atoms with Crippen molar-refractivity contribution in [3.8, 4) is 17.2 Å². The van der Waals surface area contributed by atoms with Gasteiger partial charge in [0.2, 0.25) is 0 Å². The Labute approximate surface area is 224 Å². The van der Waals surface area contributed by atoms with Crippen LogP contribution in [0.1, 0.15) is 28.5 Å². The number of Topliss-reactive ketones (excluding diaryl/α,β-unsaturated/α-hetero) is 1. The van der Waals surface area contributed by atoms with Crippen LogP contribution in [-0.4, -0.2) is 36.2 Å². The lowest BCUT2D eigenvalue weighted by molar-refractivity contribution is -0.132. The molecule has 0 aliphatic carbocycles. The topological polar surface area (TPSA) is 111 Å². The summed E-state index contributed by atoms with van der Waals surface area (Å²) in [5.74, 6) is 0.0534. The van der Waals surface area contributed by atoms with Crippen LogP contribution in [0.15, 0.2) is 89.0 Å². The lowest BCUT2D eigenvalue weighted by Gasteiger charge is -2.24. The normalized spacial score (nSPS) is 16.4. The molecule has 1 aliphatic heterocycles. The first kappa shape index (κ1) is 25.6. The third-order valence-corrected chi connectivity index (χ3v) is 6.41. The molecule has 0 saturated carbocycles. The first-order valence-corrected chi connectivity index (χ1v) is 12.1. The first-order chi connectivity index (χ1) is 18.9. The number of aliphatic hydroxyl groups excluding tert-OH is 1. The van der Waals surface area contributed by atoms with Crippen molar-refractivity contribution in [2.24, 2.45) is 0 Å². The van der Waals surface area contributed by atoms with E-state index >= 15 is 0 Å². The third-order valence-electron chi connectivity index (χ3n) is 6.41. The van der Waals surface area contributed by atoms with Crippen LogP contribution in [-0.2, 0) is 16.2 Å². The van der Waals surface area contributed by atoms with E-state index in [1.807, 2.05) is 30.3 Å². The molecule has 1 aromatic heterocycles. The molecule has 1 unspecified atom stereocenters. The largest absolute Gasteiger partial charge is 0.507 e.